The van der Waals surface area contributed by atoms with Gasteiger partial charge < -0.3 is 10.5 Å². The number of esters is 1. The molecule has 0 aromatic heterocycles. The summed E-state index contributed by atoms with van der Waals surface area (Å²) in [6, 6.07) is 6.80. The molecule has 0 heterocycles. The third kappa shape index (κ3) is 4.84. The second-order valence-electron chi connectivity index (χ2n) is 3.17. The van der Waals surface area contributed by atoms with Gasteiger partial charge in [0.15, 0.2) is 0 Å². The van der Waals surface area contributed by atoms with E-state index in [9.17, 15) is 4.79 Å². The standard InChI is InChI=1S/C11H14ClNO2.ClH/c1-2-15-11(14)7-10(13)8-3-5-9(12)6-4-8;/h3-6,10H,2,7,13H2,1H3;1H. The molecule has 1 atom stereocenters. The topological polar surface area (TPSA) is 52.3 Å². The lowest BCUT2D eigenvalue weighted by atomic mass is 10.1. The van der Waals surface area contributed by atoms with Gasteiger partial charge in [-0.1, -0.05) is 23.7 Å². The molecule has 1 rings (SSSR count). The number of hydrogen-bond acceptors (Lipinski definition) is 3. The summed E-state index contributed by atoms with van der Waals surface area (Å²) in [5.41, 5.74) is 6.71. The minimum absolute atomic E-state index is 0. The van der Waals surface area contributed by atoms with Crippen molar-refractivity contribution >= 4 is 30.0 Å². The Morgan fingerprint density at radius 1 is 1.44 bits per heavy atom. The lowest BCUT2D eigenvalue weighted by Gasteiger charge is -2.10. The smallest absolute Gasteiger partial charge is 0.307 e. The summed E-state index contributed by atoms with van der Waals surface area (Å²) in [5, 5.41) is 0.655. The van der Waals surface area contributed by atoms with E-state index < -0.39 is 0 Å². The van der Waals surface area contributed by atoms with Crippen LogP contribution in [-0.4, -0.2) is 12.6 Å². The average Bonchev–Trinajstić information content (AvgIpc) is 2.18. The van der Waals surface area contributed by atoms with Crippen LogP contribution in [-0.2, 0) is 9.53 Å². The molecule has 2 N–H and O–H groups in total. The summed E-state index contributed by atoms with van der Waals surface area (Å²) in [6.45, 7) is 2.15. The molecule has 16 heavy (non-hydrogen) atoms. The van der Waals surface area contributed by atoms with Gasteiger partial charge in [0, 0.05) is 11.1 Å². The molecule has 0 aliphatic carbocycles. The fourth-order valence-electron chi connectivity index (χ4n) is 1.23. The van der Waals surface area contributed by atoms with Crippen LogP contribution < -0.4 is 5.73 Å². The van der Waals surface area contributed by atoms with Gasteiger partial charge in [-0.2, -0.15) is 0 Å². The molecule has 1 aromatic rings. The number of ether oxygens (including phenoxy) is 1. The van der Waals surface area contributed by atoms with E-state index in [0.717, 1.165) is 5.56 Å². The number of hydrogen-bond donors (Lipinski definition) is 1. The van der Waals surface area contributed by atoms with Crippen LogP contribution in [0.15, 0.2) is 24.3 Å². The van der Waals surface area contributed by atoms with Crippen molar-refractivity contribution in [3.8, 4) is 0 Å². The molecule has 0 spiro atoms. The van der Waals surface area contributed by atoms with Gasteiger partial charge in [-0.3, -0.25) is 4.79 Å². The van der Waals surface area contributed by atoms with Crippen LogP contribution in [0.25, 0.3) is 0 Å². The van der Waals surface area contributed by atoms with Gasteiger partial charge in [-0.05, 0) is 24.6 Å². The maximum absolute atomic E-state index is 11.2. The first-order valence-electron chi connectivity index (χ1n) is 4.80. The van der Waals surface area contributed by atoms with Crippen LogP contribution in [0.1, 0.15) is 24.9 Å². The molecule has 5 heteroatoms. The van der Waals surface area contributed by atoms with E-state index in [4.69, 9.17) is 22.1 Å². The largest absolute Gasteiger partial charge is 0.466 e. The summed E-state index contributed by atoms with van der Waals surface area (Å²) >= 11 is 5.74. The van der Waals surface area contributed by atoms with E-state index in [1.807, 2.05) is 12.1 Å². The van der Waals surface area contributed by atoms with Crippen LogP contribution in [0.3, 0.4) is 0 Å². The third-order valence-corrected chi connectivity index (χ3v) is 2.24. The molecule has 0 radical (unpaired) electrons. The van der Waals surface area contributed by atoms with Crippen molar-refractivity contribution in [2.75, 3.05) is 6.61 Å². The first kappa shape index (κ1) is 15.2. The lowest BCUT2D eigenvalue weighted by Crippen LogP contribution is -2.17. The minimum atomic E-state index is -0.332. The van der Waals surface area contributed by atoms with Crippen molar-refractivity contribution in [1.82, 2.24) is 0 Å². The van der Waals surface area contributed by atoms with Gasteiger partial charge >= 0.3 is 5.97 Å². The predicted molar refractivity (Wildman–Crippen MR) is 66.9 cm³/mol. The molecule has 0 fully saturated rings. The normalized spacial score (nSPS) is 11.4. The highest BCUT2D eigenvalue weighted by atomic mass is 35.5. The monoisotopic (exact) mass is 263 g/mol. The molecule has 0 aliphatic heterocycles. The van der Waals surface area contributed by atoms with Gasteiger partial charge in [0.2, 0.25) is 0 Å². The number of benzene rings is 1. The summed E-state index contributed by atoms with van der Waals surface area (Å²) in [7, 11) is 0. The minimum Gasteiger partial charge on any atom is -0.466 e. The van der Waals surface area contributed by atoms with Crippen molar-refractivity contribution in [2.45, 2.75) is 19.4 Å². The second kappa shape index (κ2) is 7.49. The van der Waals surface area contributed by atoms with Crippen molar-refractivity contribution in [1.29, 1.82) is 0 Å². The number of carbonyl (C=O) groups is 1. The zero-order valence-electron chi connectivity index (χ0n) is 8.98. The van der Waals surface area contributed by atoms with Crippen molar-refractivity contribution < 1.29 is 9.53 Å². The van der Waals surface area contributed by atoms with Gasteiger partial charge in [-0.15, -0.1) is 12.4 Å². The molecule has 0 saturated heterocycles. The van der Waals surface area contributed by atoms with E-state index in [-0.39, 0.29) is 30.8 Å². The molecule has 0 bridgehead atoms. The van der Waals surface area contributed by atoms with E-state index in [0.29, 0.717) is 11.6 Å². The first-order chi connectivity index (χ1) is 7.13. The lowest BCUT2D eigenvalue weighted by molar-refractivity contribution is -0.143. The van der Waals surface area contributed by atoms with Gasteiger partial charge in [0.25, 0.3) is 0 Å². The Hall–Kier alpha value is -0.770. The third-order valence-electron chi connectivity index (χ3n) is 1.99. The highest BCUT2D eigenvalue weighted by Crippen LogP contribution is 2.17. The Bertz CT molecular complexity index is 327. The highest BCUT2D eigenvalue weighted by molar-refractivity contribution is 6.30. The van der Waals surface area contributed by atoms with Gasteiger partial charge in [0.1, 0.15) is 0 Å². The molecule has 0 saturated carbocycles. The summed E-state index contributed by atoms with van der Waals surface area (Å²) in [6.07, 6.45) is 0.190. The fourth-order valence-corrected chi connectivity index (χ4v) is 1.35. The molecule has 3 nitrogen and oxygen atoms in total. The number of carbonyl (C=O) groups excluding carboxylic acids is 1. The first-order valence-corrected chi connectivity index (χ1v) is 5.18. The number of nitrogens with two attached hydrogens (primary N) is 1. The van der Waals surface area contributed by atoms with Crippen LogP contribution in [0, 0.1) is 0 Å². The Kier molecular flexibility index (Phi) is 7.13. The van der Waals surface area contributed by atoms with E-state index in [1.165, 1.54) is 0 Å². The van der Waals surface area contributed by atoms with Crippen molar-refractivity contribution in [2.24, 2.45) is 5.73 Å². The fraction of sp³-hybridized carbons (Fsp3) is 0.364. The van der Waals surface area contributed by atoms with Crippen LogP contribution in [0.5, 0.6) is 0 Å². The molecular weight excluding hydrogens is 249 g/mol. The highest BCUT2D eigenvalue weighted by Gasteiger charge is 2.11. The van der Waals surface area contributed by atoms with Crippen LogP contribution >= 0.6 is 24.0 Å². The Morgan fingerprint density at radius 3 is 2.50 bits per heavy atom. The number of halogens is 2. The molecule has 1 unspecified atom stereocenters. The Balaban J connectivity index is 0.00000225. The number of rotatable bonds is 4. The van der Waals surface area contributed by atoms with Gasteiger partial charge in [0.05, 0.1) is 13.0 Å². The van der Waals surface area contributed by atoms with Crippen molar-refractivity contribution in [3.05, 3.63) is 34.9 Å². The van der Waals surface area contributed by atoms with Gasteiger partial charge in [-0.25, -0.2) is 0 Å². The molecule has 90 valence electrons. The molecule has 1 aromatic carbocycles. The summed E-state index contributed by atoms with van der Waals surface area (Å²) < 4.78 is 4.81. The predicted octanol–water partition coefficient (Wildman–Crippen LogP) is 2.71. The zero-order valence-corrected chi connectivity index (χ0v) is 10.6. The molecule has 0 amide bonds. The van der Waals surface area contributed by atoms with E-state index >= 15 is 0 Å². The van der Waals surface area contributed by atoms with Crippen molar-refractivity contribution in [3.63, 3.8) is 0 Å². The summed E-state index contributed by atoms with van der Waals surface area (Å²) in [5.74, 6) is -0.278. The maximum atomic E-state index is 11.2. The van der Waals surface area contributed by atoms with E-state index in [1.54, 1.807) is 19.1 Å². The van der Waals surface area contributed by atoms with E-state index in [2.05, 4.69) is 0 Å². The Labute approximate surface area is 106 Å². The van der Waals surface area contributed by atoms with Crippen LogP contribution in [0.2, 0.25) is 5.02 Å². The second-order valence-corrected chi connectivity index (χ2v) is 3.60. The molecule has 0 aliphatic rings. The Morgan fingerprint density at radius 2 is 2.00 bits per heavy atom. The molecular formula is C11H15Cl2NO2. The SMILES string of the molecule is CCOC(=O)CC(N)c1ccc(Cl)cc1.Cl. The zero-order chi connectivity index (χ0) is 11.3. The quantitative estimate of drug-likeness (QED) is 0.850. The van der Waals surface area contributed by atoms with Crippen LogP contribution in [0.4, 0.5) is 0 Å². The average molecular weight is 264 g/mol. The maximum Gasteiger partial charge on any atom is 0.307 e. The summed E-state index contributed by atoms with van der Waals surface area (Å²) in [4.78, 5) is 11.2.